The molecule has 3 fully saturated rings. The fraction of sp³-hybridized carbons (Fsp3) is 0.611. The molecular formula is C18H24ClN3O3. The van der Waals surface area contributed by atoms with Crippen LogP contribution in [0.5, 0.6) is 0 Å². The maximum absolute atomic E-state index is 12.5. The van der Waals surface area contributed by atoms with E-state index < -0.39 is 5.60 Å². The monoisotopic (exact) mass is 365 g/mol. The molecule has 3 saturated carbocycles. The Morgan fingerprint density at radius 1 is 1.24 bits per heavy atom. The first-order valence-electron chi connectivity index (χ1n) is 8.81. The van der Waals surface area contributed by atoms with Crippen molar-refractivity contribution in [3.8, 4) is 0 Å². The van der Waals surface area contributed by atoms with Crippen molar-refractivity contribution in [2.24, 2.45) is 0 Å². The van der Waals surface area contributed by atoms with E-state index in [4.69, 9.17) is 11.6 Å². The van der Waals surface area contributed by atoms with Gasteiger partial charge in [-0.25, -0.2) is 4.98 Å². The average molecular weight is 366 g/mol. The van der Waals surface area contributed by atoms with Crippen LogP contribution in [-0.2, 0) is 4.79 Å². The number of pyridine rings is 1. The van der Waals surface area contributed by atoms with Gasteiger partial charge in [-0.15, -0.1) is 0 Å². The first-order chi connectivity index (χ1) is 11.8. The minimum atomic E-state index is -0.514. The molecule has 4 rings (SSSR count). The van der Waals surface area contributed by atoms with E-state index in [1.165, 1.54) is 6.20 Å². The van der Waals surface area contributed by atoms with Crippen LogP contribution < -0.4 is 10.6 Å². The highest BCUT2D eigenvalue weighted by Crippen LogP contribution is 2.48. The van der Waals surface area contributed by atoms with Gasteiger partial charge in [-0.05, 0) is 44.6 Å². The normalized spacial score (nSPS) is 27.8. The minimum absolute atomic E-state index is 0.00950. The van der Waals surface area contributed by atoms with Gasteiger partial charge < -0.3 is 15.7 Å². The number of anilines is 1. The Hall–Kier alpha value is -1.66. The fourth-order valence-electron chi connectivity index (χ4n) is 3.75. The van der Waals surface area contributed by atoms with Crippen LogP contribution in [0.25, 0.3) is 0 Å². The number of aliphatic hydroxyl groups is 1. The zero-order valence-corrected chi connectivity index (χ0v) is 15.2. The minimum Gasteiger partial charge on any atom is -0.390 e. The lowest BCUT2D eigenvalue weighted by molar-refractivity contribution is -0.117. The molecule has 0 radical (unpaired) electrons. The molecule has 1 amide bonds. The van der Waals surface area contributed by atoms with Crippen LogP contribution in [-0.4, -0.2) is 39.5 Å². The van der Waals surface area contributed by atoms with Gasteiger partial charge in [0.05, 0.1) is 23.4 Å². The van der Waals surface area contributed by atoms with Crippen LogP contribution in [0.1, 0.15) is 62.2 Å². The number of Topliss-reactive ketones (excluding diaryl/α,β-unsaturated/α-hetero) is 1. The van der Waals surface area contributed by atoms with Gasteiger partial charge >= 0.3 is 0 Å². The molecule has 6 nitrogen and oxygen atoms in total. The highest BCUT2D eigenvalue weighted by Gasteiger charge is 2.47. The molecule has 3 aliphatic carbocycles. The molecule has 3 N–H and O–H groups in total. The van der Waals surface area contributed by atoms with E-state index in [1.54, 1.807) is 13.0 Å². The molecule has 25 heavy (non-hydrogen) atoms. The SMILES string of the molecule is CCC(=O)CNC(=O)c1cnc(Cl)cc1NC12CCC(O)(CC1)CC2. The van der Waals surface area contributed by atoms with Gasteiger partial charge in [-0.3, -0.25) is 9.59 Å². The van der Waals surface area contributed by atoms with Crippen LogP contribution in [0.3, 0.4) is 0 Å². The van der Waals surface area contributed by atoms with Gasteiger partial charge in [0, 0.05) is 18.2 Å². The zero-order chi connectivity index (χ0) is 18.1. The van der Waals surface area contributed by atoms with Crippen LogP contribution in [0, 0.1) is 0 Å². The molecule has 7 heteroatoms. The molecule has 1 aromatic rings. The van der Waals surface area contributed by atoms with Gasteiger partial charge in [0.1, 0.15) is 5.15 Å². The number of rotatable bonds is 6. The molecule has 0 spiro atoms. The summed E-state index contributed by atoms with van der Waals surface area (Å²) < 4.78 is 0. The van der Waals surface area contributed by atoms with Crippen molar-refractivity contribution >= 4 is 29.0 Å². The highest BCUT2D eigenvalue weighted by molar-refractivity contribution is 6.29. The number of nitrogens with one attached hydrogen (secondary N) is 2. The molecule has 1 aromatic heterocycles. The van der Waals surface area contributed by atoms with Crippen molar-refractivity contribution in [1.82, 2.24) is 10.3 Å². The summed E-state index contributed by atoms with van der Waals surface area (Å²) in [6, 6.07) is 1.66. The molecule has 136 valence electrons. The summed E-state index contributed by atoms with van der Waals surface area (Å²) in [5, 5.41) is 16.8. The molecule has 0 saturated heterocycles. The Balaban J connectivity index is 1.78. The van der Waals surface area contributed by atoms with Crippen molar-refractivity contribution in [2.75, 3.05) is 11.9 Å². The first-order valence-corrected chi connectivity index (χ1v) is 9.19. The fourth-order valence-corrected chi connectivity index (χ4v) is 3.91. The summed E-state index contributed by atoms with van der Waals surface area (Å²) in [7, 11) is 0. The van der Waals surface area contributed by atoms with Gasteiger partial charge in [-0.2, -0.15) is 0 Å². The van der Waals surface area contributed by atoms with Crippen LogP contribution in [0.4, 0.5) is 5.69 Å². The summed E-state index contributed by atoms with van der Waals surface area (Å²) in [4.78, 5) is 27.9. The van der Waals surface area contributed by atoms with E-state index >= 15 is 0 Å². The third kappa shape index (κ3) is 3.96. The Kier molecular flexibility index (Phi) is 5.02. The molecule has 3 aliphatic rings. The van der Waals surface area contributed by atoms with Crippen molar-refractivity contribution in [3.63, 3.8) is 0 Å². The maximum atomic E-state index is 12.5. The third-order valence-corrected chi connectivity index (χ3v) is 5.77. The third-order valence-electron chi connectivity index (χ3n) is 5.56. The summed E-state index contributed by atoms with van der Waals surface area (Å²) in [5.41, 5.74) is 0.381. The van der Waals surface area contributed by atoms with Gasteiger partial charge in [0.15, 0.2) is 5.78 Å². The lowest BCUT2D eigenvalue weighted by Crippen LogP contribution is -2.54. The molecule has 0 unspecified atom stereocenters. The van der Waals surface area contributed by atoms with E-state index in [0.29, 0.717) is 22.8 Å². The second-order valence-corrected chi connectivity index (χ2v) is 7.64. The topological polar surface area (TPSA) is 91.3 Å². The Bertz CT molecular complexity index is 668. The molecular weight excluding hydrogens is 342 g/mol. The second-order valence-electron chi connectivity index (χ2n) is 7.26. The number of hydrogen-bond donors (Lipinski definition) is 3. The molecule has 0 atom stereocenters. The summed E-state index contributed by atoms with van der Waals surface area (Å²) in [6.45, 7) is 1.77. The number of nitrogens with zero attached hydrogens (tertiary/aromatic N) is 1. The van der Waals surface area contributed by atoms with Crippen molar-refractivity contribution in [3.05, 3.63) is 23.0 Å². The summed E-state index contributed by atoms with van der Waals surface area (Å²) in [5.74, 6) is -0.366. The molecule has 0 aliphatic heterocycles. The predicted molar refractivity (Wildman–Crippen MR) is 95.9 cm³/mol. The molecule has 0 aromatic carbocycles. The number of carbonyl (C=O) groups excluding carboxylic acids is 2. The second kappa shape index (κ2) is 6.92. The zero-order valence-electron chi connectivity index (χ0n) is 14.4. The van der Waals surface area contributed by atoms with E-state index in [2.05, 4.69) is 15.6 Å². The number of ketones is 1. The van der Waals surface area contributed by atoms with E-state index in [1.807, 2.05) is 0 Å². The number of carbonyl (C=O) groups is 2. The van der Waals surface area contributed by atoms with Crippen molar-refractivity contribution < 1.29 is 14.7 Å². The average Bonchev–Trinajstić information content (AvgIpc) is 2.61. The van der Waals surface area contributed by atoms with Crippen LogP contribution >= 0.6 is 11.6 Å². The van der Waals surface area contributed by atoms with Crippen molar-refractivity contribution in [2.45, 2.75) is 63.0 Å². The number of fused-ring (bicyclic) bond motifs is 3. The standard InChI is InChI=1S/C18H24ClN3O3/c1-2-12(23)10-21-16(24)13-11-20-15(19)9-14(13)22-17-3-6-18(25,7-4-17)8-5-17/h9,11,25H,2-8,10H2,1H3,(H,20,22)(H,21,24). The Morgan fingerprint density at radius 2 is 1.88 bits per heavy atom. The predicted octanol–water partition coefficient (Wildman–Crippen LogP) is 2.69. The van der Waals surface area contributed by atoms with Gasteiger partial charge in [0.2, 0.25) is 0 Å². The first kappa shape index (κ1) is 18.1. The van der Waals surface area contributed by atoms with Gasteiger partial charge in [-0.1, -0.05) is 18.5 Å². The number of amides is 1. The Labute approximate surface area is 152 Å². The largest absolute Gasteiger partial charge is 0.390 e. The molecule has 2 bridgehead atoms. The lowest BCUT2D eigenvalue weighted by Gasteiger charge is -2.51. The summed E-state index contributed by atoms with van der Waals surface area (Å²) in [6.07, 6.45) is 6.71. The highest BCUT2D eigenvalue weighted by atomic mass is 35.5. The number of hydrogen-bond acceptors (Lipinski definition) is 5. The van der Waals surface area contributed by atoms with E-state index in [9.17, 15) is 14.7 Å². The van der Waals surface area contributed by atoms with Crippen LogP contribution in [0.15, 0.2) is 12.3 Å². The number of halogens is 1. The molecule has 1 heterocycles. The quantitative estimate of drug-likeness (QED) is 0.674. The van der Waals surface area contributed by atoms with Crippen LogP contribution in [0.2, 0.25) is 5.15 Å². The maximum Gasteiger partial charge on any atom is 0.255 e. The Morgan fingerprint density at radius 3 is 2.48 bits per heavy atom. The van der Waals surface area contributed by atoms with Crippen molar-refractivity contribution in [1.29, 1.82) is 0 Å². The number of aromatic nitrogens is 1. The summed E-state index contributed by atoms with van der Waals surface area (Å²) >= 11 is 6.03. The lowest BCUT2D eigenvalue weighted by atomic mass is 9.63. The smallest absolute Gasteiger partial charge is 0.255 e. The van der Waals surface area contributed by atoms with E-state index in [-0.39, 0.29) is 23.8 Å². The van der Waals surface area contributed by atoms with E-state index in [0.717, 1.165) is 38.5 Å². The van der Waals surface area contributed by atoms with Gasteiger partial charge in [0.25, 0.3) is 5.91 Å².